The lowest BCUT2D eigenvalue weighted by Gasteiger charge is -2.38. The molecule has 1 heterocycles. The van der Waals surface area contributed by atoms with E-state index in [2.05, 4.69) is 0 Å². The number of rotatable bonds is 3. The Balaban J connectivity index is 1.72. The fourth-order valence-corrected chi connectivity index (χ4v) is 3.40. The number of benzene rings is 1. The van der Waals surface area contributed by atoms with Crippen molar-refractivity contribution < 1.29 is 23.8 Å². The van der Waals surface area contributed by atoms with Gasteiger partial charge in [-0.25, -0.2) is 9.18 Å². The molecule has 114 valence electrons. The molecule has 1 atom stereocenters. The number of carboxylic acid groups (broad SMARTS) is 1. The highest BCUT2D eigenvalue weighted by Crippen LogP contribution is 2.41. The van der Waals surface area contributed by atoms with Crippen LogP contribution in [0.15, 0.2) is 18.2 Å². The van der Waals surface area contributed by atoms with Crippen LogP contribution in [0.25, 0.3) is 0 Å². The molecule has 5 heteroatoms. The van der Waals surface area contributed by atoms with E-state index >= 15 is 0 Å². The maximum atomic E-state index is 13.5. The smallest absolute Gasteiger partial charge is 0.335 e. The van der Waals surface area contributed by atoms with Crippen LogP contribution in [-0.4, -0.2) is 29.4 Å². The van der Waals surface area contributed by atoms with Gasteiger partial charge in [0.15, 0.2) is 0 Å². The summed E-state index contributed by atoms with van der Waals surface area (Å²) in [5, 5.41) is 8.96. The van der Waals surface area contributed by atoms with Crippen molar-refractivity contribution in [3.05, 3.63) is 29.6 Å². The van der Waals surface area contributed by atoms with Crippen molar-refractivity contribution in [1.29, 1.82) is 0 Å². The summed E-state index contributed by atoms with van der Waals surface area (Å²) >= 11 is 0. The second-order valence-electron chi connectivity index (χ2n) is 5.95. The Morgan fingerprint density at radius 1 is 1.33 bits per heavy atom. The van der Waals surface area contributed by atoms with Gasteiger partial charge in [0.1, 0.15) is 17.7 Å². The number of hydrogen-bond donors (Lipinski definition) is 1. The van der Waals surface area contributed by atoms with Gasteiger partial charge in [0.25, 0.3) is 0 Å². The van der Waals surface area contributed by atoms with E-state index in [4.69, 9.17) is 14.6 Å². The van der Waals surface area contributed by atoms with Gasteiger partial charge in [-0.3, -0.25) is 0 Å². The number of aromatic carboxylic acids is 1. The van der Waals surface area contributed by atoms with Gasteiger partial charge < -0.3 is 14.6 Å². The Labute approximate surface area is 122 Å². The van der Waals surface area contributed by atoms with Crippen LogP contribution in [0.3, 0.4) is 0 Å². The van der Waals surface area contributed by atoms with Gasteiger partial charge in [-0.2, -0.15) is 0 Å². The molecule has 0 amide bonds. The third kappa shape index (κ3) is 3.18. The summed E-state index contributed by atoms with van der Waals surface area (Å²) in [6.07, 6.45) is 5.96. The molecule has 1 aromatic carbocycles. The SMILES string of the molecule is O=C(O)c1cc(F)cc(OC2CCOC3(CCCC3)C2)c1. The van der Waals surface area contributed by atoms with Gasteiger partial charge in [0.2, 0.25) is 0 Å². The lowest BCUT2D eigenvalue weighted by Crippen LogP contribution is -2.41. The zero-order valence-electron chi connectivity index (χ0n) is 11.8. The third-order valence-electron chi connectivity index (χ3n) is 4.38. The van der Waals surface area contributed by atoms with E-state index in [1.54, 1.807) is 0 Å². The Morgan fingerprint density at radius 2 is 2.10 bits per heavy atom. The number of carbonyl (C=O) groups is 1. The third-order valence-corrected chi connectivity index (χ3v) is 4.38. The van der Waals surface area contributed by atoms with Crippen molar-refractivity contribution in [2.24, 2.45) is 0 Å². The Bertz CT molecular complexity index is 537. The van der Waals surface area contributed by atoms with E-state index < -0.39 is 11.8 Å². The summed E-state index contributed by atoms with van der Waals surface area (Å²) in [6.45, 7) is 0.645. The topological polar surface area (TPSA) is 55.8 Å². The average molecular weight is 294 g/mol. The second-order valence-corrected chi connectivity index (χ2v) is 5.95. The van der Waals surface area contributed by atoms with E-state index in [1.807, 2.05) is 0 Å². The van der Waals surface area contributed by atoms with Crippen LogP contribution in [0, 0.1) is 5.82 Å². The summed E-state index contributed by atoms with van der Waals surface area (Å²) in [5.41, 5.74) is -0.168. The number of ether oxygens (including phenoxy) is 2. The molecule has 1 aliphatic heterocycles. The van der Waals surface area contributed by atoms with Crippen LogP contribution in [0.4, 0.5) is 4.39 Å². The molecular formula is C16H19FO4. The summed E-state index contributed by atoms with van der Waals surface area (Å²) < 4.78 is 25.2. The van der Waals surface area contributed by atoms with Crippen LogP contribution in [0.2, 0.25) is 0 Å². The molecule has 1 N–H and O–H groups in total. The van der Waals surface area contributed by atoms with E-state index in [1.165, 1.54) is 25.0 Å². The van der Waals surface area contributed by atoms with Crippen molar-refractivity contribution >= 4 is 5.97 Å². The maximum Gasteiger partial charge on any atom is 0.335 e. The number of carboxylic acids is 1. The van der Waals surface area contributed by atoms with Crippen LogP contribution in [0.5, 0.6) is 5.75 Å². The molecular weight excluding hydrogens is 275 g/mol. The van der Waals surface area contributed by atoms with Crippen LogP contribution in [-0.2, 0) is 4.74 Å². The van der Waals surface area contributed by atoms with Gasteiger partial charge in [-0.1, -0.05) is 12.8 Å². The van der Waals surface area contributed by atoms with Crippen molar-refractivity contribution in [3.63, 3.8) is 0 Å². The summed E-state index contributed by atoms with van der Waals surface area (Å²) in [4.78, 5) is 11.0. The van der Waals surface area contributed by atoms with Crippen molar-refractivity contribution in [3.8, 4) is 5.75 Å². The number of halogens is 1. The molecule has 1 aromatic rings. The summed E-state index contributed by atoms with van der Waals surface area (Å²) in [7, 11) is 0. The molecule has 1 aliphatic carbocycles. The molecule has 1 spiro atoms. The largest absolute Gasteiger partial charge is 0.490 e. The quantitative estimate of drug-likeness (QED) is 0.928. The monoisotopic (exact) mass is 294 g/mol. The first kappa shape index (κ1) is 14.3. The van der Waals surface area contributed by atoms with Crippen LogP contribution >= 0.6 is 0 Å². The lowest BCUT2D eigenvalue weighted by molar-refractivity contribution is -0.108. The molecule has 0 aromatic heterocycles. The molecule has 0 radical (unpaired) electrons. The van der Waals surface area contributed by atoms with Gasteiger partial charge >= 0.3 is 5.97 Å². The second kappa shape index (κ2) is 5.64. The van der Waals surface area contributed by atoms with Crippen molar-refractivity contribution in [2.75, 3.05) is 6.61 Å². The Morgan fingerprint density at radius 3 is 2.81 bits per heavy atom. The number of hydrogen-bond acceptors (Lipinski definition) is 3. The first-order chi connectivity index (χ1) is 10.1. The molecule has 4 nitrogen and oxygen atoms in total. The Hall–Kier alpha value is -1.62. The minimum Gasteiger partial charge on any atom is -0.490 e. The van der Waals surface area contributed by atoms with E-state index in [0.29, 0.717) is 6.61 Å². The zero-order valence-corrected chi connectivity index (χ0v) is 11.8. The fraction of sp³-hybridized carbons (Fsp3) is 0.562. The van der Waals surface area contributed by atoms with E-state index in [9.17, 15) is 9.18 Å². The van der Waals surface area contributed by atoms with Gasteiger partial charge in [-0.05, 0) is 25.0 Å². The average Bonchev–Trinajstić information content (AvgIpc) is 2.86. The molecule has 1 saturated carbocycles. The highest BCUT2D eigenvalue weighted by molar-refractivity contribution is 5.88. The lowest BCUT2D eigenvalue weighted by atomic mass is 9.90. The minimum absolute atomic E-state index is 0.0414. The molecule has 1 unspecified atom stereocenters. The molecule has 3 rings (SSSR count). The molecule has 2 aliphatic rings. The van der Waals surface area contributed by atoms with E-state index in [0.717, 1.165) is 31.7 Å². The van der Waals surface area contributed by atoms with Crippen molar-refractivity contribution in [1.82, 2.24) is 0 Å². The molecule has 1 saturated heterocycles. The van der Waals surface area contributed by atoms with Crippen LogP contribution in [0.1, 0.15) is 48.9 Å². The molecule has 2 fully saturated rings. The summed E-state index contributed by atoms with van der Waals surface area (Å²) in [6, 6.07) is 3.61. The van der Waals surface area contributed by atoms with Crippen LogP contribution < -0.4 is 4.74 Å². The highest BCUT2D eigenvalue weighted by Gasteiger charge is 2.40. The predicted octanol–water partition coefficient (Wildman–Crippen LogP) is 3.39. The first-order valence-electron chi connectivity index (χ1n) is 7.41. The standard InChI is InChI=1S/C16H19FO4/c17-12-7-11(15(18)19)8-14(9-12)21-13-3-6-20-16(10-13)4-1-2-5-16/h7-9,13H,1-6,10H2,(H,18,19). The van der Waals surface area contributed by atoms with E-state index in [-0.39, 0.29) is 23.0 Å². The first-order valence-corrected chi connectivity index (χ1v) is 7.41. The van der Waals surface area contributed by atoms with Gasteiger partial charge in [0, 0.05) is 18.9 Å². The Kier molecular flexibility index (Phi) is 3.85. The van der Waals surface area contributed by atoms with Crippen molar-refractivity contribution in [2.45, 2.75) is 50.2 Å². The molecule has 0 bridgehead atoms. The zero-order chi connectivity index (χ0) is 14.9. The maximum absolute atomic E-state index is 13.5. The predicted molar refractivity (Wildman–Crippen MR) is 74.2 cm³/mol. The summed E-state index contributed by atoms with van der Waals surface area (Å²) in [5.74, 6) is -1.46. The van der Waals surface area contributed by atoms with Gasteiger partial charge in [-0.15, -0.1) is 0 Å². The highest BCUT2D eigenvalue weighted by atomic mass is 19.1. The van der Waals surface area contributed by atoms with Gasteiger partial charge in [0.05, 0.1) is 17.8 Å². The normalized spacial score (nSPS) is 24.1. The molecule has 21 heavy (non-hydrogen) atoms. The minimum atomic E-state index is -1.15. The fourth-order valence-electron chi connectivity index (χ4n) is 3.40.